The van der Waals surface area contributed by atoms with Crippen molar-refractivity contribution in [3.63, 3.8) is 0 Å². The Labute approximate surface area is 138 Å². The van der Waals surface area contributed by atoms with E-state index in [1.807, 2.05) is 11.0 Å². The van der Waals surface area contributed by atoms with Gasteiger partial charge in [0.25, 0.3) is 0 Å². The molecule has 3 nitrogen and oxygen atoms in total. The molecule has 1 aromatic carbocycles. The molecule has 1 atom stereocenters. The number of halogens is 2. The van der Waals surface area contributed by atoms with Crippen molar-refractivity contribution in [2.24, 2.45) is 5.92 Å². The summed E-state index contributed by atoms with van der Waals surface area (Å²) in [6.07, 6.45) is 3.97. The van der Waals surface area contributed by atoms with Crippen LogP contribution in [0.2, 0.25) is 0 Å². The van der Waals surface area contributed by atoms with Crippen LogP contribution in [-0.4, -0.2) is 30.4 Å². The molecule has 0 spiro atoms. The maximum absolute atomic E-state index is 13.8. The molecule has 0 saturated carbocycles. The highest BCUT2D eigenvalue weighted by atomic mass is 35.5. The highest BCUT2D eigenvalue weighted by Gasteiger charge is 2.26. The van der Waals surface area contributed by atoms with Crippen LogP contribution in [0.4, 0.5) is 4.39 Å². The van der Waals surface area contributed by atoms with Crippen molar-refractivity contribution in [2.75, 3.05) is 19.6 Å². The minimum absolute atomic E-state index is 0. The zero-order valence-corrected chi connectivity index (χ0v) is 14.0. The molecule has 1 fully saturated rings. The average Bonchev–Trinajstić information content (AvgIpc) is 2.53. The van der Waals surface area contributed by atoms with Crippen molar-refractivity contribution in [3.05, 3.63) is 35.6 Å². The Morgan fingerprint density at radius 3 is 2.82 bits per heavy atom. The molecule has 0 radical (unpaired) electrons. The Kier molecular flexibility index (Phi) is 8.43. The second-order valence-electron chi connectivity index (χ2n) is 5.75. The zero-order valence-electron chi connectivity index (χ0n) is 13.2. The van der Waals surface area contributed by atoms with E-state index in [0.717, 1.165) is 38.8 Å². The van der Waals surface area contributed by atoms with Gasteiger partial charge < -0.3 is 10.2 Å². The number of nitrogens with one attached hydrogen (secondary N) is 1. The lowest BCUT2D eigenvalue weighted by molar-refractivity contribution is -0.136. The van der Waals surface area contributed by atoms with Gasteiger partial charge >= 0.3 is 0 Å². The van der Waals surface area contributed by atoms with Crippen LogP contribution < -0.4 is 5.32 Å². The van der Waals surface area contributed by atoms with E-state index in [1.54, 1.807) is 12.1 Å². The maximum Gasteiger partial charge on any atom is 0.227 e. The summed E-state index contributed by atoms with van der Waals surface area (Å²) in [6, 6.07) is 6.73. The van der Waals surface area contributed by atoms with E-state index >= 15 is 0 Å². The van der Waals surface area contributed by atoms with Gasteiger partial charge in [0.05, 0.1) is 5.92 Å². The molecule has 5 heteroatoms. The number of unbranched alkanes of at least 4 members (excludes halogenated alkanes) is 1. The topological polar surface area (TPSA) is 32.3 Å². The predicted molar refractivity (Wildman–Crippen MR) is 89.6 cm³/mol. The van der Waals surface area contributed by atoms with Gasteiger partial charge in [-0.2, -0.15) is 0 Å². The fourth-order valence-corrected chi connectivity index (χ4v) is 2.77. The van der Waals surface area contributed by atoms with E-state index in [4.69, 9.17) is 0 Å². The minimum atomic E-state index is -0.228. The number of carbonyl (C=O) groups excluding carboxylic acids is 1. The maximum atomic E-state index is 13.8. The van der Waals surface area contributed by atoms with Crippen molar-refractivity contribution < 1.29 is 9.18 Å². The monoisotopic (exact) mass is 328 g/mol. The highest BCUT2D eigenvalue weighted by molar-refractivity contribution is 5.85. The first-order valence-electron chi connectivity index (χ1n) is 7.95. The lowest BCUT2D eigenvalue weighted by Gasteiger charge is -2.30. The van der Waals surface area contributed by atoms with Gasteiger partial charge in [0.2, 0.25) is 5.91 Å². The molecule has 1 amide bonds. The van der Waals surface area contributed by atoms with Crippen LogP contribution in [0.15, 0.2) is 24.3 Å². The first-order valence-corrected chi connectivity index (χ1v) is 7.95. The van der Waals surface area contributed by atoms with Gasteiger partial charge in [0.15, 0.2) is 0 Å². The van der Waals surface area contributed by atoms with Crippen LogP contribution in [0, 0.1) is 11.7 Å². The summed E-state index contributed by atoms with van der Waals surface area (Å²) in [5.74, 6) is -0.0187. The summed E-state index contributed by atoms with van der Waals surface area (Å²) in [7, 11) is 0. The number of nitrogens with zero attached hydrogens (tertiary/aromatic N) is 1. The third-order valence-corrected chi connectivity index (χ3v) is 4.06. The van der Waals surface area contributed by atoms with Crippen molar-refractivity contribution in [2.45, 2.75) is 39.2 Å². The minimum Gasteiger partial charge on any atom is -0.338 e. The van der Waals surface area contributed by atoms with Crippen LogP contribution in [0.25, 0.3) is 0 Å². The van der Waals surface area contributed by atoms with E-state index in [-0.39, 0.29) is 30.0 Å². The summed E-state index contributed by atoms with van der Waals surface area (Å²) < 4.78 is 13.8. The number of hydrogen-bond acceptors (Lipinski definition) is 2. The molecule has 1 aliphatic heterocycles. The number of rotatable bonds is 6. The largest absolute Gasteiger partial charge is 0.338 e. The van der Waals surface area contributed by atoms with E-state index in [2.05, 4.69) is 12.2 Å². The van der Waals surface area contributed by atoms with Crippen molar-refractivity contribution in [3.8, 4) is 0 Å². The standard InChI is InChI=1S/C17H25FN2O.ClH/c1-2-3-11-20(13-15-7-4-5-9-16(15)18)17(21)14-8-6-10-19-12-14;/h4-5,7,9,14,19H,2-3,6,8,10-13H2,1H3;1H. The molecule has 0 aliphatic carbocycles. The van der Waals surface area contributed by atoms with Crippen molar-refractivity contribution in [1.29, 1.82) is 0 Å². The molecule has 124 valence electrons. The second-order valence-corrected chi connectivity index (χ2v) is 5.75. The van der Waals surface area contributed by atoms with Crippen LogP contribution in [0.1, 0.15) is 38.2 Å². The Morgan fingerprint density at radius 1 is 1.41 bits per heavy atom. The fourth-order valence-electron chi connectivity index (χ4n) is 2.77. The van der Waals surface area contributed by atoms with E-state index in [0.29, 0.717) is 18.7 Å². The van der Waals surface area contributed by atoms with Crippen LogP contribution >= 0.6 is 12.4 Å². The van der Waals surface area contributed by atoms with Crippen LogP contribution in [0.5, 0.6) is 0 Å². The Bertz CT molecular complexity index is 464. The lowest BCUT2D eigenvalue weighted by atomic mass is 9.97. The Balaban J connectivity index is 0.00000242. The summed E-state index contributed by atoms with van der Waals surface area (Å²) in [4.78, 5) is 14.5. The second kappa shape index (κ2) is 9.80. The molecular formula is C17H26ClFN2O. The van der Waals surface area contributed by atoms with Gasteiger partial charge in [0.1, 0.15) is 5.82 Å². The number of amides is 1. The van der Waals surface area contributed by atoms with Gasteiger partial charge in [-0.05, 0) is 31.9 Å². The molecule has 22 heavy (non-hydrogen) atoms. The quantitative estimate of drug-likeness (QED) is 0.868. The summed E-state index contributed by atoms with van der Waals surface area (Å²) in [5.41, 5.74) is 0.603. The third kappa shape index (κ3) is 5.25. The summed E-state index contributed by atoms with van der Waals surface area (Å²) >= 11 is 0. The lowest BCUT2D eigenvalue weighted by Crippen LogP contribution is -2.43. The first-order chi connectivity index (χ1) is 10.2. The predicted octanol–water partition coefficient (Wildman–Crippen LogP) is 3.38. The molecule has 1 aliphatic rings. The molecule has 1 aromatic rings. The number of hydrogen-bond donors (Lipinski definition) is 1. The van der Waals surface area contributed by atoms with Crippen molar-refractivity contribution in [1.82, 2.24) is 10.2 Å². The molecule has 2 rings (SSSR count). The summed E-state index contributed by atoms with van der Waals surface area (Å²) in [6.45, 7) is 4.93. The van der Waals surface area contributed by atoms with Gasteiger partial charge in [-0.1, -0.05) is 31.5 Å². The number of carbonyl (C=O) groups is 1. The van der Waals surface area contributed by atoms with Gasteiger partial charge in [-0.25, -0.2) is 4.39 Å². The van der Waals surface area contributed by atoms with Crippen molar-refractivity contribution >= 4 is 18.3 Å². The summed E-state index contributed by atoms with van der Waals surface area (Å²) in [5, 5.41) is 3.28. The van der Waals surface area contributed by atoms with Crippen LogP contribution in [-0.2, 0) is 11.3 Å². The number of benzene rings is 1. The zero-order chi connectivity index (χ0) is 15.1. The van der Waals surface area contributed by atoms with Gasteiger partial charge in [0, 0.05) is 25.2 Å². The molecule has 1 saturated heterocycles. The molecule has 1 N–H and O–H groups in total. The molecule has 0 aromatic heterocycles. The first kappa shape index (κ1) is 18.9. The van der Waals surface area contributed by atoms with Crippen LogP contribution in [0.3, 0.4) is 0 Å². The molecule has 1 heterocycles. The SMILES string of the molecule is CCCCN(Cc1ccccc1F)C(=O)C1CCCNC1.Cl. The van der Waals surface area contributed by atoms with Gasteiger partial charge in [-0.15, -0.1) is 12.4 Å². The molecule has 0 bridgehead atoms. The molecule has 1 unspecified atom stereocenters. The smallest absolute Gasteiger partial charge is 0.227 e. The third-order valence-electron chi connectivity index (χ3n) is 4.06. The Hall–Kier alpha value is -1.13. The van der Waals surface area contributed by atoms with E-state index in [9.17, 15) is 9.18 Å². The normalized spacial score (nSPS) is 17.6. The molecular weight excluding hydrogens is 303 g/mol. The van der Waals surface area contributed by atoms with E-state index in [1.165, 1.54) is 6.07 Å². The van der Waals surface area contributed by atoms with E-state index < -0.39 is 0 Å². The highest BCUT2D eigenvalue weighted by Crippen LogP contribution is 2.17. The number of piperidine rings is 1. The average molecular weight is 329 g/mol. The Morgan fingerprint density at radius 2 is 2.18 bits per heavy atom. The fraction of sp³-hybridized carbons (Fsp3) is 0.588. The van der Waals surface area contributed by atoms with Gasteiger partial charge in [-0.3, -0.25) is 4.79 Å².